The molecule has 0 bridgehead atoms. The van der Waals surface area contributed by atoms with Gasteiger partial charge in [-0.05, 0) is 37.1 Å². The van der Waals surface area contributed by atoms with Gasteiger partial charge in [0.15, 0.2) is 0 Å². The molecule has 0 spiro atoms. The second kappa shape index (κ2) is 5.28. The standard InChI is InChI=1S/C12H17N3O3S/c1-9(16)14-10-4-6-11(7-5-10)19(17,18)15-8-2-3-12(15)13/h4-7,12H,2-3,8,13H2,1H3,(H,14,16). The number of sulfonamides is 1. The largest absolute Gasteiger partial charge is 0.326 e. The van der Waals surface area contributed by atoms with Crippen LogP contribution in [0.25, 0.3) is 0 Å². The Bertz CT molecular complexity index is 568. The number of anilines is 1. The van der Waals surface area contributed by atoms with E-state index in [1.807, 2.05) is 0 Å². The van der Waals surface area contributed by atoms with Crippen molar-refractivity contribution in [1.82, 2.24) is 4.31 Å². The number of nitrogens with one attached hydrogen (secondary N) is 1. The summed E-state index contributed by atoms with van der Waals surface area (Å²) in [5.41, 5.74) is 6.35. The number of benzene rings is 1. The van der Waals surface area contributed by atoms with Gasteiger partial charge in [0.25, 0.3) is 0 Å². The molecule has 0 saturated carbocycles. The normalized spacial score (nSPS) is 20.4. The van der Waals surface area contributed by atoms with E-state index in [4.69, 9.17) is 5.73 Å². The Labute approximate surface area is 112 Å². The summed E-state index contributed by atoms with van der Waals surface area (Å²) in [7, 11) is -3.54. The van der Waals surface area contributed by atoms with Gasteiger partial charge in [0.05, 0.1) is 11.1 Å². The fourth-order valence-corrected chi connectivity index (χ4v) is 3.70. The summed E-state index contributed by atoms with van der Waals surface area (Å²) < 4.78 is 26.0. The van der Waals surface area contributed by atoms with Crippen molar-refractivity contribution >= 4 is 21.6 Å². The Morgan fingerprint density at radius 1 is 1.37 bits per heavy atom. The van der Waals surface area contributed by atoms with Crippen LogP contribution in [-0.4, -0.2) is 31.3 Å². The van der Waals surface area contributed by atoms with Crippen molar-refractivity contribution in [2.75, 3.05) is 11.9 Å². The molecular weight excluding hydrogens is 266 g/mol. The number of carbonyl (C=O) groups is 1. The fourth-order valence-electron chi connectivity index (χ4n) is 2.11. The number of hydrogen-bond acceptors (Lipinski definition) is 4. The maximum absolute atomic E-state index is 12.3. The van der Waals surface area contributed by atoms with Crippen LogP contribution in [0.4, 0.5) is 5.69 Å². The molecule has 7 heteroatoms. The van der Waals surface area contributed by atoms with E-state index in [1.165, 1.54) is 23.4 Å². The summed E-state index contributed by atoms with van der Waals surface area (Å²) >= 11 is 0. The highest BCUT2D eigenvalue weighted by Gasteiger charge is 2.32. The number of rotatable bonds is 3. The topological polar surface area (TPSA) is 92.5 Å². The van der Waals surface area contributed by atoms with Crippen molar-refractivity contribution in [3.05, 3.63) is 24.3 Å². The van der Waals surface area contributed by atoms with Crippen molar-refractivity contribution in [2.45, 2.75) is 30.8 Å². The minimum Gasteiger partial charge on any atom is -0.326 e. The summed E-state index contributed by atoms with van der Waals surface area (Å²) in [6.45, 7) is 1.85. The van der Waals surface area contributed by atoms with Crippen molar-refractivity contribution in [1.29, 1.82) is 0 Å². The molecule has 1 aliphatic heterocycles. The van der Waals surface area contributed by atoms with Gasteiger partial charge in [-0.3, -0.25) is 4.79 Å². The Balaban J connectivity index is 2.24. The van der Waals surface area contributed by atoms with Gasteiger partial charge < -0.3 is 11.1 Å². The quantitative estimate of drug-likeness (QED) is 0.854. The lowest BCUT2D eigenvalue weighted by molar-refractivity contribution is -0.114. The predicted molar refractivity (Wildman–Crippen MR) is 71.8 cm³/mol. The molecule has 0 aromatic heterocycles. The van der Waals surface area contributed by atoms with Gasteiger partial charge in [-0.1, -0.05) is 0 Å². The lowest BCUT2D eigenvalue weighted by atomic mass is 10.3. The lowest BCUT2D eigenvalue weighted by Gasteiger charge is -2.20. The van der Waals surface area contributed by atoms with E-state index < -0.39 is 16.2 Å². The lowest BCUT2D eigenvalue weighted by Crippen LogP contribution is -2.40. The molecule has 2 rings (SSSR count). The van der Waals surface area contributed by atoms with E-state index in [0.29, 0.717) is 18.7 Å². The average molecular weight is 283 g/mol. The van der Waals surface area contributed by atoms with Gasteiger partial charge in [-0.2, -0.15) is 4.31 Å². The van der Waals surface area contributed by atoms with E-state index in [-0.39, 0.29) is 10.8 Å². The first-order valence-electron chi connectivity index (χ1n) is 6.06. The number of amides is 1. The molecule has 1 heterocycles. The molecule has 1 amide bonds. The second-order valence-electron chi connectivity index (χ2n) is 4.53. The molecule has 19 heavy (non-hydrogen) atoms. The Hall–Kier alpha value is -1.44. The molecule has 1 saturated heterocycles. The van der Waals surface area contributed by atoms with Gasteiger partial charge in [0, 0.05) is 19.2 Å². The first kappa shape index (κ1) is 14.0. The zero-order valence-corrected chi connectivity index (χ0v) is 11.5. The predicted octanol–water partition coefficient (Wildman–Crippen LogP) is 0.714. The smallest absolute Gasteiger partial charge is 0.244 e. The van der Waals surface area contributed by atoms with E-state index in [2.05, 4.69) is 5.32 Å². The van der Waals surface area contributed by atoms with Gasteiger partial charge >= 0.3 is 0 Å². The third-order valence-corrected chi connectivity index (χ3v) is 4.97. The van der Waals surface area contributed by atoms with Crippen molar-refractivity contribution in [2.24, 2.45) is 5.73 Å². The summed E-state index contributed by atoms with van der Waals surface area (Å²) in [4.78, 5) is 11.1. The molecule has 1 unspecified atom stereocenters. The Morgan fingerprint density at radius 3 is 2.47 bits per heavy atom. The van der Waals surface area contributed by atoms with Crippen LogP contribution in [0.5, 0.6) is 0 Å². The third-order valence-electron chi connectivity index (χ3n) is 3.03. The Morgan fingerprint density at radius 2 is 2.00 bits per heavy atom. The highest BCUT2D eigenvalue weighted by atomic mass is 32.2. The number of nitrogens with zero attached hydrogens (tertiary/aromatic N) is 1. The highest BCUT2D eigenvalue weighted by Crippen LogP contribution is 2.24. The van der Waals surface area contributed by atoms with Gasteiger partial charge in [-0.15, -0.1) is 0 Å². The SMILES string of the molecule is CC(=O)Nc1ccc(S(=O)(=O)N2CCCC2N)cc1. The summed E-state index contributed by atoms with van der Waals surface area (Å²) in [6.07, 6.45) is 1.02. The first-order valence-corrected chi connectivity index (χ1v) is 7.50. The second-order valence-corrected chi connectivity index (χ2v) is 6.42. The van der Waals surface area contributed by atoms with Crippen LogP contribution in [0.3, 0.4) is 0 Å². The molecule has 104 valence electrons. The van der Waals surface area contributed by atoms with Crippen LogP contribution in [0.15, 0.2) is 29.2 Å². The summed E-state index contributed by atoms with van der Waals surface area (Å²) in [6, 6.07) is 6.09. The van der Waals surface area contributed by atoms with Crippen LogP contribution in [0.1, 0.15) is 19.8 Å². The zero-order chi connectivity index (χ0) is 14.0. The first-order chi connectivity index (χ1) is 8.91. The Kier molecular flexibility index (Phi) is 3.88. The third kappa shape index (κ3) is 2.94. The van der Waals surface area contributed by atoms with Crippen molar-refractivity contribution in [3.63, 3.8) is 0 Å². The number of hydrogen-bond donors (Lipinski definition) is 2. The van der Waals surface area contributed by atoms with Crippen LogP contribution in [0.2, 0.25) is 0 Å². The van der Waals surface area contributed by atoms with Crippen LogP contribution < -0.4 is 11.1 Å². The maximum Gasteiger partial charge on any atom is 0.244 e. The van der Waals surface area contributed by atoms with Crippen LogP contribution in [0, 0.1) is 0 Å². The molecule has 1 fully saturated rings. The van der Waals surface area contributed by atoms with E-state index in [0.717, 1.165) is 6.42 Å². The molecule has 3 N–H and O–H groups in total. The summed E-state index contributed by atoms with van der Waals surface area (Å²) in [5, 5.41) is 2.59. The molecule has 1 aromatic carbocycles. The minimum absolute atomic E-state index is 0.193. The summed E-state index contributed by atoms with van der Waals surface area (Å²) in [5.74, 6) is -0.197. The van der Waals surface area contributed by atoms with Gasteiger partial charge in [0.1, 0.15) is 0 Å². The average Bonchev–Trinajstić information content (AvgIpc) is 2.76. The maximum atomic E-state index is 12.3. The molecule has 0 radical (unpaired) electrons. The monoisotopic (exact) mass is 283 g/mol. The van der Waals surface area contributed by atoms with Crippen molar-refractivity contribution < 1.29 is 13.2 Å². The minimum atomic E-state index is -3.54. The van der Waals surface area contributed by atoms with Crippen LogP contribution >= 0.6 is 0 Å². The molecule has 1 aliphatic rings. The molecular formula is C12H17N3O3S. The molecule has 1 atom stereocenters. The molecule has 1 aromatic rings. The van der Waals surface area contributed by atoms with Gasteiger partial charge in [-0.25, -0.2) is 8.42 Å². The van der Waals surface area contributed by atoms with E-state index >= 15 is 0 Å². The zero-order valence-electron chi connectivity index (χ0n) is 10.7. The van der Waals surface area contributed by atoms with Crippen molar-refractivity contribution in [3.8, 4) is 0 Å². The fraction of sp³-hybridized carbons (Fsp3) is 0.417. The van der Waals surface area contributed by atoms with E-state index in [1.54, 1.807) is 12.1 Å². The van der Waals surface area contributed by atoms with E-state index in [9.17, 15) is 13.2 Å². The highest BCUT2D eigenvalue weighted by molar-refractivity contribution is 7.89. The molecule has 6 nitrogen and oxygen atoms in total. The number of nitrogens with two attached hydrogens (primary N) is 1. The van der Waals surface area contributed by atoms with Crippen LogP contribution in [-0.2, 0) is 14.8 Å². The number of carbonyl (C=O) groups excluding carboxylic acids is 1. The van der Waals surface area contributed by atoms with Gasteiger partial charge in [0.2, 0.25) is 15.9 Å². The molecule has 0 aliphatic carbocycles.